The summed E-state index contributed by atoms with van der Waals surface area (Å²) in [7, 11) is 0. The molecule has 0 amide bonds. The van der Waals surface area contributed by atoms with Crippen LogP contribution in [0.25, 0.3) is 22.6 Å². The summed E-state index contributed by atoms with van der Waals surface area (Å²) in [6.07, 6.45) is 6.17. The van der Waals surface area contributed by atoms with E-state index in [1.54, 1.807) is 12.1 Å². The summed E-state index contributed by atoms with van der Waals surface area (Å²) in [5.74, 6) is 1.56. The first-order chi connectivity index (χ1) is 13.3. The SMILES string of the molecule is CCCCCCCOc1ccc(-c2cc(-c3ccc(C#N)cc3)on2)cc1. The monoisotopic (exact) mass is 360 g/mol. The van der Waals surface area contributed by atoms with Crippen molar-refractivity contribution in [3.63, 3.8) is 0 Å². The maximum atomic E-state index is 8.88. The molecule has 0 aliphatic heterocycles. The predicted molar refractivity (Wildman–Crippen MR) is 106 cm³/mol. The summed E-state index contributed by atoms with van der Waals surface area (Å²) < 4.78 is 11.3. The third-order valence-electron chi connectivity index (χ3n) is 4.48. The van der Waals surface area contributed by atoms with Crippen LogP contribution in [0.4, 0.5) is 0 Å². The minimum absolute atomic E-state index is 0.624. The molecule has 3 rings (SSSR count). The molecular weight excluding hydrogens is 336 g/mol. The standard InChI is InChI=1S/C23H24N2O2/c1-2-3-4-5-6-15-26-21-13-11-19(12-14-21)22-16-23(27-25-22)20-9-7-18(17-24)8-10-20/h7-14,16H,2-6,15H2,1H3. The van der Waals surface area contributed by atoms with Crippen molar-refractivity contribution in [1.29, 1.82) is 5.26 Å². The maximum Gasteiger partial charge on any atom is 0.167 e. The number of hydrogen-bond acceptors (Lipinski definition) is 4. The summed E-state index contributed by atoms with van der Waals surface area (Å²) in [6.45, 7) is 2.98. The Morgan fingerprint density at radius 1 is 0.926 bits per heavy atom. The van der Waals surface area contributed by atoms with E-state index in [2.05, 4.69) is 18.1 Å². The second-order valence-electron chi connectivity index (χ2n) is 6.55. The molecule has 0 aliphatic rings. The van der Waals surface area contributed by atoms with E-state index in [9.17, 15) is 0 Å². The Balaban J connectivity index is 1.57. The first kappa shape index (κ1) is 18.7. The van der Waals surface area contributed by atoms with Gasteiger partial charge in [-0.1, -0.05) is 37.8 Å². The fourth-order valence-corrected chi connectivity index (χ4v) is 2.87. The van der Waals surface area contributed by atoms with Gasteiger partial charge >= 0.3 is 0 Å². The van der Waals surface area contributed by atoms with Crippen LogP contribution < -0.4 is 4.74 Å². The molecule has 4 nitrogen and oxygen atoms in total. The van der Waals surface area contributed by atoms with Crippen molar-refractivity contribution in [3.05, 3.63) is 60.2 Å². The van der Waals surface area contributed by atoms with Crippen LogP contribution in [0.15, 0.2) is 59.1 Å². The fraction of sp³-hybridized carbons (Fsp3) is 0.304. The molecular formula is C23H24N2O2. The lowest BCUT2D eigenvalue weighted by molar-refractivity contribution is 0.304. The van der Waals surface area contributed by atoms with Crippen molar-refractivity contribution >= 4 is 0 Å². The number of hydrogen-bond donors (Lipinski definition) is 0. The average molecular weight is 360 g/mol. The molecule has 2 aromatic carbocycles. The Morgan fingerprint density at radius 2 is 1.63 bits per heavy atom. The Kier molecular flexibility index (Phi) is 6.65. The van der Waals surface area contributed by atoms with Gasteiger partial charge in [0.25, 0.3) is 0 Å². The lowest BCUT2D eigenvalue weighted by Gasteiger charge is -2.06. The highest BCUT2D eigenvalue weighted by molar-refractivity contribution is 5.67. The molecule has 0 saturated heterocycles. The molecule has 0 unspecified atom stereocenters. The Bertz CT molecular complexity index is 874. The van der Waals surface area contributed by atoms with Crippen molar-refractivity contribution in [2.24, 2.45) is 0 Å². The molecule has 0 N–H and O–H groups in total. The molecule has 1 heterocycles. The fourth-order valence-electron chi connectivity index (χ4n) is 2.87. The number of unbranched alkanes of at least 4 members (excludes halogenated alkanes) is 4. The van der Waals surface area contributed by atoms with Crippen LogP contribution in [0.5, 0.6) is 5.75 Å². The molecule has 0 spiro atoms. The second-order valence-corrected chi connectivity index (χ2v) is 6.55. The van der Waals surface area contributed by atoms with Gasteiger partial charge in [0.2, 0.25) is 0 Å². The second kappa shape index (κ2) is 9.59. The van der Waals surface area contributed by atoms with E-state index in [1.165, 1.54) is 25.7 Å². The molecule has 1 aromatic heterocycles. The third-order valence-corrected chi connectivity index (χ3v) is 4.48. The lowest BCUT2D eigenvalue weighted by atomic mass is 10.1. The van der Waals surface area contributed by atoms with Gasteiger partial charge in [-0.3, -0.25) is 0 Å². The Hall–Kier alpha value is -3.06. The van der Waals surface area contributed by atoms with Gasteiger partial charge in [-0.2, -0.15) is 5.26 Å². The third kappa shape index (κ3) is 5.21. The Labute approximate surface area is 160 Å². The van der Waals surface area contributed by atoms with Gasteiger partial charge in [0.05, 0.1) is 18.2 Å². The topological polar surface area (TPSA) is 59.0 Å². The zero-order valence-corrected chi connectivity index (χ0v) is 15.6. The van der Waals surface area contributed by atoms with E-state index < -0.39 is 0 Å². The predicted octanol–water partition coefficient (Wildman–Crippen LogP) is 6.23. The van der Waals surface area contributed by atoms with E-state index in [0.717, 1.165) is 35.6 Å². The van der Waals surface area contributed by atoms with Gasteiger partial charge in [0, 0.05) is 17.2 Å². The van der Waals surface area contributed by atoms with Gasteiger partial charge in [-0.05, 0) is 55.0 Å². The number of aromatic nitrogens is 1. The lowest BCUT2D eigenvalue weighted by Crippen LogP contribution is -1.97. The van der Waals surface area contributed by atoms with Crippen LogP contribution >= 0.6 is 0 Å². The molecule has 138 valence electrons. The highest BCUT2D eigenvalue weighted by Gasteiger charge is 2.09. The van der Waals surface area contributed by atoms with Crippen molar-refractivity contribution < 1.29 is 9.26 Å². The molecule has 0 fully saturated rings. The van der Waals surface area contributed by atoms with Crippen molar-refractivity contribution in [2.45, 2.75) is 39.0 Å². The van der Waals surface area contributed by atoms with Crippen molar-refractivity contribution in [1.82, 2.24) is 5.16 Å². The first-order valence-corrected chi connectivity index (χ1v) is 9.50. The minimum Gasteiger partial charge on any atom is -0.494 e. The summed E-state index contributed by atoms with van der Waals surface area (Å²) in [5.41, 5.74) is 3.28. The van der Waals surface area contributed by atoms with Crippen LogP contribution in [-0.2, 0) is 0 Å². The van der Waals surface area contributed by atoms with Gasteiger partial charge < -0.3 is 9.26 Å². The quantitative estimate of drug-likeness (QED) is 0.424. The Morgan fingerprint density at radius 3 is 2.33 bits per heavy atom. The van der Waals surface area contributed by atoms with E-state index in [-0.39, 0.29) is 0 Å². The van der Waals surface area contributed by atoms with E-state index >= 15 is 0 Å². The number of benzene rings is 2. The molecule has 0 radical (unpaired) electrons. The summed E-state index contributed by atoms with van der Waals surface area (Å²) >= 11 is 0. The zero-order chi connectivity index (χ0) is 18.9. The average Bonchev–Trinajstić information content (AvgIpc) is 3.21. The molecule has 3 aromatic rings. The van der Waals surface area contributed by atoms with E-state index in [4.69, 9.17) is 14.5 Å². The van der Waals surface area contributed by atoms with E-state index in [0.29, 0.717) is 11.3 Å². The van der Waals surface area contributed by atoms with Crippen LogP contribution in [0.2, 0.25) is 0 Å². The number of ether oxygens (including phenoxy) is 1. The number of nitriles is 1. The largest absolute Gasteiger partial charge is 0.494 e. The van der Waals surface area contributed by atoms with Gasteiger partial charge in [0.15, 0.2) is 5.76 Å². The van der Waals surface area contributed by atoms with Gasteiger partial charge in [0.1, 0.15) is 11.4 Å². The zero-order valence-electron chi connectivity index (χ0n) is 15.6. The number of rotatable bonds is 9. The molecule has 0 saturated carbocycles. The van der Waals surface area contributed by atoms with Crippen molar-refractivity contribution in [3.8, 4) is 34.4 Å². The molecule has 4 heteroatoms. The summed E-state index contributed by atoms with van der Waals surface area (Å²) in [4.78, 5) is 0. The molecule has 27 heavy (non-hydrogen) atoms. The van der Waals surface area contributed by atoms with Gasteiger partial charge in [-0.15, -0.1) is 0 Å². The molecule has 0 atom stereocenters. The maximum absolute atomic E-state index is 8.88. The van der Waals surface area contributed by atoms with Crippen LogP contribution in [0.1, 0.15) is 44.6 Å². The van der Waals surface area contributed by atoms with Crippen LogP contribution in [0, 0.1) is 11.3 Å². The molecule has 0 bridgehead atoms. The molecule has 0 aliphatic carbocycles. The summed E-state index contributed by atoms with van der Waals surface area (Å²) in [5, 5.41) is 13.0. The first-order valence-electron chi connectivity index (χ1n) is 9.50. The normalized spacial score (nSPS) is 10.5. The summed E-state index contributed by atoms with van der Waals surface area (Å²) in [6, 6.07) is 19.2. The smallest absolute Gasteiger partial charge is 0.167 e. The minimum atomic E-state index is 0.624. The highest BCUT2D eigenvalue weighted by Crippen LogP contribution is 2.27. The van der Waals surface area contributed by atoms with Crippen molar-refractivity contribution in [2.75, 3.05) is 6.61 Å². The number of nitrogens with zero attached hydrogens (tertiary/aromatic N) is 2. The van der Waals surface area contributed by atoms with Crippen LogP contribution in [0.3, 0.4) is 0 Å². The van der Waals surface area contributed by atoms with E-state index in [1.807, 2.05) is 42.5 Å². The van der Waals surface area contributed by atoms with Crippen LogP contribution in [-0.4, -0.2) is 11.8 Å². The highest BCUT2D eigenvalue weighted by atomic mass is 16.5. The van der Waals surface area contributed by atoms with Gasteiger partial charge in [-0.25, -0.2) is 0 Å².